The van der Waals surface area contributed by atoms with Crippen molar-refractivity contribution < 1.29 is 9.84 Å². The summed E-state index contributed by atoms with van der Waals surface area (Å²) in [7, 11) is 0. The van der Waals surface area contributed by atoms with Crippen LogP contribution in [0.3, 0.4) is 0 Å². The third-order valence-corrected chi connectivity index (χ3v) is 3.23. The normalized spacial score (nSPS) is 12.2. The van der Waals surface area contributed by atoms with Gasteiger partial charge in [0.25, 0.3) is 0 Å². The topological polar surface area (TPSA) is 55.5 Å². The molecule has 0 radical (unpaired) electrons. The second-order valence-corrected chi connectivity index (χ2v) is 4.65. The maximum Gasteiger partial charge on any atom is 0.119 e. The van der Waals surface area contributed by atoms with Crippen LogP contribution in [0.5, 0.6) is 5.75 Å². The highest BCUT2D eigenvalue weighted by atomic mass is 35.5. The molecule has 0 bridgehead atoms. The van der Waals surface area contributed by atoms with Gasteiger partial charge < -0.3 is 15.6 Å². The molecule has 0 aromatic heterocycles. The molecule has 0 unspecified atom stereocenters. The average molecular weight is 278 g/mol. The highest BCUT2D eigenvalue weighted by molar-refractivity contribution is 6.31. The van der Waals surface area contributed by atoms with Crippen LogP contribution in [-0.4, -0.2) is 11.7 Å². The van der Waals surface area contributed by atoms with Gasteiger partial charge in [0.15, 0.2) is 0 Å². The third kappa shape index (κ3) is 3.70. The summed E-state index contributed by atoms with van der Waals surface area (Å²) in [5.41, 5.74) is 7.55. The molecule has 100 valence electrons. The van der Waals surface area contributed by atoms with E-state index in [1.54, 1.807) is 0 Å². The second kappa shape index (κ2) is 6.57. The van der Waals surface area contributed by atoms with Gasteiger partial charge in [-0.2, -0.15) is 0 Å². The van der Waals surface area contributed by atoms with E-state index in [4.69, 9.17) is 27.2 Å². The molecular formula is C15H16ClNO2. The van der Waals surface area contributed by atoms with Crippen LogP contribution in [0.2, 0.25) is 5.02 Å². The lowest BCUT2D eigenvalue weighted by Gasteiger charge is -2.11. The Morgan fingerprint density at radius 3 is 2.42 bits per heavy atom. The molecule has 0 saturated carbocycles. The van der Waals surface area contributed by atoms with E-state index < -0.39 is 0 Å². The van der Waals surface area contributed by atoms with Crippen molar-refractivity contribution in [3.05, 3.63) is 64.7 Å². The fourth-order valence-corrected chi connectivity index (χ4v) is 1.88. The van der Waals surface area contributed by atoms with Crippen molar-refractivity contribution in [2.24, 2.45) is 5.73 Å². The fraction of sp³-hybridized carbons (Fsp3) is 0.200. The van der Waals surface area contributed by atoms with E-state index in [1.807, 2.05) is 48.5 Å². The predicted octanol–water partition coefficient (Wildman–Crippen LogP) is 2.91. The molecule has 0 saturated heterocycles. The van der Waals surface area contributed by atoms with Gasteiger partial charge in [0.1, 0.15) is 12.4 Å². The lowest BCUT2D eigenvalue weighted by Crippen LogP contribution is -2.14. The molecular weight excluding hydrogens is 262 g/mol. The quantitative estimate of drug-likeness (QED) is 0.883. The molecule has 0 aliphatic heterocycles. The second-order valence-electron chi connectivity index (χ2n) is 4.24. The number of aliphatic hydroxyl groups is 1. The van der Waals surface area contributed by atoms with Crippen molar-refractivity contribution in [1.29, 1.82) is 0 Å². The van der Waals surface area contributed by atoms with Crippen molar-refractivity contribution in [3.8, 4) is 5.75 Å². The van der Waals surface area contributed by atoms with E-state index in [9.17, 15) is 0 Å². The zero-order valence-electron chi connectivity index (χ0n) is 10.4. The summed E-state index contributed by atoms with van der Waals surface area (Å²) < 4.78 is 5.65. The summed E-state index contributed by atoms with van der Waals surface area (Å²) in [4.78, 5) is 0. The molecule has 3 N–H and O–H groups in total. The van der Waals surface area contributed by atoms with E-state index in [0.717, 1.165) is 16.9 Å². The van der Waals surface area contributed by atoms with Crippen LogP contribution in [0, 0.1) is 0 Å². The fourth-order valence-electron chi connectivity index (χ4n) is 1.69. The summed E-state index contributed by atoms with van der Waals surface area (Å²) in [6.45, 7) is 0.352. The van der Waals surface area contributed by atoms with Crippen LogP contribution in [-0.2, 0) is 6.61 Å². The molecule has 2 aromatic rings. The largest absolute Gasteiger partial charge is 0.489 e. The van der Waals surface area contributed by atoms with Gasteiger partial charge in [-0.25, -0.2) is 0 Å². The third-order valence-electron chi connectivity index (χ3n) is 2.86. The Hall–Kier alpha value is -1.55. The minimum absolute atomic E-state index is 0.0696. The summed E-state index contributed by atoms with van der Waals surface area (Å²) in [5, 5.41) is 9.66. The molecule has 0 aliphatic rings. The van der Waals surface area contributed by atoms with Gasteiger partial charge in [-0.3, -0.25) is 0 Å². The molecule has 1 atom stereocenters. The number of ether oxygens (including phenoxy) is 1. The minimum atomic E-state index is -0.349. The summed E-state index contributed by atoms with van der Waals surface area (Å²) >= 11 is 6.05. The van der Waals surface area contributed by atoms with E-state index in [2.05, 4.69) is 0 Å². The highest BCUT2D eigenvalue weighted by Gasteiger charge is 2.04. The highest BCUT2D eigenvalue weighted by Crippen LogP contribution is 2.20. The Labute approximate surface area is 117 Å². The maximum atomic E-state index is 8.97. The number of rotatable bonds is 5. The lowest BCUT2D eigenvalue weighted by atomic mass is 10.1. The standard InChI is InChI=1S/C15H16ClNO2/c16-14-4-2-1-3-12(14)10-19-13-7-5-11(6-8-13)15(17)9-18/h1-8,15,18H,9-10,17H2/t15-/m0/s1. The summed E-state index contributed by atoms with van der Waals surface area (Å²) in [6, 6.07) is 14.6. The zero-order chi connectivity index (χ0) is 13.7. The van der Waals surface area contributed by atoms with Crippen LogP contribution < -0.4 is 10.5 Å². The van der Waals surface area contributed by atoms with Crippen LogP contribution in [0.1, 0.15) is 17.2 Å². The van der Waals surface area contributed by atoms with Gasteiger partial charge in [0, 0.05) is 10.6 Å². The van der Waals surface area contributed by atoms with Crippen LogP contribution >= 0.6 is 11.6 Å². The van der Waals surface area contributed by atoms with Crippen LogP contribution in [0.25, 0.3) is 0 Å². The SMILES string of the molecule is N[C@@H](CO)c1ccc(OCc2ccccc2Cl)cc1. The first-order valence-electron chi connectivity index (χ1n) is 6.03. The van der Waals surface area contributed by atoms with Gasteiger partial charge >= 0.3 is 0 Å². The van der Waals surface area contributed by atoms with E-state index in [-0.39, 0.29) is 12.6 Å². The van der Waals surface area contributed by atoms with E-state index in [1.165, 1.54) is 0 Å². The maximum absolute atomic E-state index is 8.97. The molecule has 0 amide bonds. The van der Waals surface area contributed by atoms with Crippen molar-refractivity contribution in [1.82, 2.24) is 0 Å². The van der Waals surface area contributed by atoms with Crippen molar-refractivity contribution in [2.75, 3.05) is 6.61 Å². The summed E-state index contributed by atoms with van der Waals surface area (Å²) in [6.07, 6.45) is 0. The Kier molecular flexibility index (Phi) is 4.80. The number of halogens is 1. The molecule has 0 heterocycles. The van der Waals surface area contributed by atoms with Crippen LogP contribution in [0.15, 0.2) is 48.5 Å². The first-order chi connectivity index (χ1) is 9.20. The Morgan fingerprint density at radius 2 is 1.79 bits per heavy atom. The molecule has 4 heteroatoms. The monoisotopic (exact) mass is 277 g/mol. The first kappa shape index (κ1) is 13.9. The van der Waals surface area contributed by atoms with Gasteiger partial charge in [0.05, 0.1) is 12.6 Å². The van der Waals surface area contributed by atoms with Crippen molar-refractivity contribution in [3.63, 3.8) is 0 Å². The van der Waals surface area contributed by atoms with Crippen molar-refractivity contribution >= 4 is 11.6 Å². The Bertz CT molecular complexity index is 528. The number of hydrogen-bond donors (Lipinski definition) is 2. The summed E-state index contributed by atoms with van der Waals surface area (Å²) in [5.74, 6) is 0.744. The number of benzene rings is 2. The molecule has 2 aromatic carbocycles. The minimum Gasteiger partial charge on any atom is -0.489 e. The molecule has 2 rings (SSSR count). The van der Waals surface area contributed by atoms with Gasteiger partial charge in [-0.05, 0) is 23.8 Å². The van der Waals surface area contributed by atoms with Crippen molar-refractivity contribution in [2.45, 2.75) is 12.6 Å². The van der Waals surface area contributed by atoms with Crippen LogP contribution in [0.4, 0.5) is 0 Å². The van der Waals surface area contributed by atoms with Gasteiger partial charge in [-0.1, -0.05) is 41.9 Å². The first-order valence-corrected chi connectivity index (χ1v) is 6.41. The molecule has 3 nitrogen and oxygen atoms in total. The predicted molar refractivity (Wildman–Crippen MR) is 76.2 cm³/mol. The molecule has 0 spiro atoms. The van der Waals surface area contributed by atoms with E-state index >= 15 is 0 Å². The van der Waals surface area contributed by atoms with E-state index in [0.29, 0.717) is 11.6 Å². The molecule has 19 heavy (non-hydrogen) atoms. The van der Waals surface area contributed by atoms with Gasteiger partial charge in [-0.15, -0.1) is 0 Å². The Balaban J connectivity index is 1.99. The lowest BCUT2D eigenvalue weighted by molar-refractivity contribution is 0.267. The number of hydrogen-bond acceptors (Lipinski definition) is 3. The average Bonchev–Trinajstić information content (AvgIpc) is 2.46. The number of aliphatic hydroxyl groups excluding tert-OH is 1. The molecule has 0 aliphatic carbocycles. The zero-order valence-corrected chi connectivity index (χ0v) is 11.2. The smallest absolute Gasteiger partial charge is 0.119 e. The Morgan fingerprint density at radius 1 is 1.11 bits per heavy atom. The molecule has 0 fully saturated rings. The van der Waals surface area contributed by atoms with Gasteiger partial charge in [0.2, 0.25) is 0 Å². The number of nitrogens with two attached hydrogens (primary N) is 1.